The first-order valence-corrected chi connectivity index (χ1v) is 2.80. The summed E-state index contributed by atoms with van der Waals surface area (Å²) in [6, 6.07) is 0. The molecule has 1 heterocycles. The maximum atomic E-state index is 10.1. The SMILES string of the molecule is NC(=O)CCN1CC1. The molecule has 2 N–H and O–H groups in total. The van der Waals surface area contributed by atoms with Gasteiger partial charge in [-0.3, -0.25) is 4.79 Å². The fourth-order valence-corrected chi connectivity index (χ4v) is 0.563. The molecule has 3 nitrogen and oxygen atoms in total. The molecule has 0 saturated carbocycles. The number of nitrogens with two attached hydrogens (primary N) is 1. The van der Waals surface area contributed by atoms with Gasteiger partial charge in [0.05, 0.1) is 0 Å². The molecule has 1 aliphatic heterocycles. The van der Waals surface area contributed by atoms with Gasteiger partial charge in [0.2, 0.25) is 5.91 Å². The Morgan fingerprint density at radius 3 is 2.62 bits per heavy atom. The van der Waals surface area contributed by atoms with Crippen LogP contribution in [0.3, 0.4) is 0 Å². The van der Waals surface area contributed by atoms with Crippen LogP contribution in [0.4, 0.5) is 0 Å². The molecule has 0 spiro atoms. The first-order valence-electron chi connectivity index (χ1n) is 2.80. The van der Waals surface area contributed by atoms with Crippen LogP contribution >= 0.6 is 0 Å². The fraction of sp³-hybridized carbons (Fsp3) is 0.800. The number of carbonyl (C=O) groups excluding carboxylic acids is 1. The molecule has 0 radical (unpaired) electrons. The van der Waals surface area contributed by atoms with Gasteiger partial charge in [0.25, 0.3) is 0 Å². The average Bonchev–Trinajstić information content (AvgIpc) is 2.41. The monoisotopic (exact) mass is 114 g/mol. The van der Waals surface area contributed by atoms with Gasteiger partial charge in [-0.05, 0) is 0 Å². The average molecular weight is 114 g/mol. The van der Waals surface area contributed by atoms with Gasteiger partial charge < -0.3 is 10.6 Å². The molecule has 0 aromatic carbocycles. The van der Waals surface area contributed by atoms with Crippen LogP contribution in [0, 0.1) is 0 Å². The Morgan fingerprint density at radius 2 is 2.25 bits per heavy atom. The number of rotatable bonds is 3. The van der Waals surface area contributed by atoms with E-state index in [1.807, 2.05) is 0 Å². The highest BCUT2D eigenvalue weighted by Crippen LogP contribution is 2.02. The van der Waals surface area contributed by atoms with Crippen molar-refractivity contribution in [2.24, 2.45) is 5.73 Å². The lowest BCUT2D eigenvalue weighted by atomic mass is 10.4. The molecule has 0 bridgehead atoms. The lowest BCUT2D eigenvalue weighted by Crippen LogP contribution is -2.15. The molecule has 1 aliphatic rings. The van der Waals surface area contributed by atoms with E-state index < -0.39 is 0 Å². The van der Waals surface area contributed by atoms with Gasteiger partial charge in [-0.15, -0.1) is 0 Å². The number of nitrogens with zero attached hydrogens (tertiary/aromatic N) is 1. The van der Waals surface area contributed by atoms with Gasteiger partial charge in [-0.1, -0.05) is 0 Å². The molecule has 8 heavy (non-hydrogen) atoms. The van der Waals surface area contributed by atoms with Crippen molar-refractivity contribution in [2.45, 2.75) is 6.42 Å². The van der Waals surface area contributed by atoms with E-state index in [0.717, 1.165) is 19.6 Å². The number of amides is 1. The molecule has 1 rings (SSSR count). The van der Waals surface area contributed by atoms with Crippen LogP contribution in [0.1, 0.15) is 6.42 Å². The number of hydrogen-bond acceptors (Lipinski definition) is 2. The molecular formula is C5H10N2O. The highest BCUT2D eigenvalue weighted by molar-refractivity contribution is 5.73. The summed E-state index contributed by atoms with van der Waals surface area (Å²) in [5.74, 6) is -0.197. The van der Waals surface area contributed by atoms with E-state index in [2.05, 4.69) is 4.90 Å². The van der Waals surface area contributed by atoms with Crippen LogP contribution < -0.4 is 5.73 Å². The molecule has 0 aromatic heterocycles. The summed E-state index contributed by atoms with van der Waals surface area (Å²) in [5, 5.41) is 0. The van der Waals surface area contributed by atoms with Crippen molar-refractivity contribution in [2.75, 3.05) is 19.6 Å². The minimum Gasteiger partial charge on any atom is -0.370 e. The predicted octanol–water partition coefficient (Wildman–Crippen LogP) is -0.823. The molecule has 0 aromatic rings. The Balaban J connectivity index is 1.95. The highest BCUT2D eigenvalue weighted by atomic mass is 16.1. The third kappa shape index (κ3) is 1.93. The normalized spacial score (nSPS) is 18.5. The Hall–Kier alpha value is -0.570. The second-order valence-electron chi connectivity index (χ2n) is 2.06. The van der Waals surface area contributed by atoms with E-state index in [4.69, 9.17) is 5.73 Å². The van der Waals surface area contributed by atoms with Crippen molar-refractivity contribution >= 4 is 5.91 Å². The topological polar surface area (TPSA) is 46.1 Å². The maximum Gasteiger partial charge on any atom is 0.218 e. The summed E-state index contributed by atoms with van der Waals surface area (Å²) in [7, 11) is 0. The zero-order valence-corrected chi connectivity index (χ0v) is 4.76. The Morgan fingerprint density at radius 1 is 1.62 bits per heavy atom. The summed E-state index contributed by atoms with van der Waals surface area (Å²) in [6.45, 7) is 3.15. The Labute approximate surface area is 48.5 Å². The van der Waals surface area contributed by atoms with Crippen molar-refractivity contribution in [3.63, 3.8) is 0 Å². The molecule has 1 fully saturated rings. The molecule has 0 atom stereocenters. The van der Waals surface area contributed by atoms with Gasteiger partial charge in [-0.2, -0.15) is 0 Å². The Kier molecular flexibility index (Phi) is 1.48. The first kappa shape index (κ1) is 5.56. The highest BCUT2D eigenvalue weighted by Gasteiger charge is 2.16. The second kappa shape index (κ2) is 2.13. The molecular weight excluding hydrogens is 104 g/mol. The van der Waals surface area contributed by atoms with Gasteiger partial charge in [0, 0.05) is 26.1 Å². The largest absolute Gasteiger partial charge is 0.370 e. The van der Waals surface area contributed by atoms with Crippen molar-refractivity contribution in [1.82, 2.24) is 4.90 Å². The van der Waals surface area contributed by atoms with Gasteiger partial charge >= 0.3 is 0 Å². The summed E-state index contributed by atoms with van der Waals surface area (Å²) < 4.78 is 0. The summed E-state index contributed by atoms with van der Waals surface area (Å²) in [5.41, 5.74) is 4.90. The minimum absolute atomic E-state index is 0.197. The molecule has 46 valence electrons. The quantitative estimate of drug-likeness (QED) is 0.487. The van der Waals surface area contributed by atoms with Gasteiger partial charge in [0.15, 0.2) is 0 Å². The van der Waals surface area contributed by atoms with E-state index in [9.17, 15) is 4.79 Å². The van der Waals surface area contributed by atoms with Crippen molar-refractivity contribution in [3.8, 4) is 0 Å². The first-order chi connectivity index (χ1) is 3.79. The minimum atomic E-state index is -0.197. The van der Waals surface area contributed by atoms with Crippen LogP contribution in [0.2, 0.25) is 0 Å². The standard InChI is InChI=1S/C5H10N2O/c6-5(8)1-2-7-3-4-7/h1-4H2,(H2,6,8). The summed E-state index contributed by atoms with van der Waals surface area (Å²) in [6.07, 6.45) is 0.514. The Bertz CT molecular complexity index is 98.6. The van der Waals surface area contributed by atoms with Crippen molar-refractivity contribution in [3.05, 3.63) is 0 Å². The lowest BCUT2D eigenvalue weighted by molar-refractivity contribution is -0.118. The van der Waals surface area contributed by atoms with Crippen molar-refractivity contribution < 1.29 is 4.79 Å². The van der Waals surface area contributed by atoms with E-state index in [1.54, 1.807) is 0 Å². The lowest BCUT2D eigenvalue weighted by Gasteiger charge is -1.93. The van der Waals surface area contributed by atoms with Crippen LogP contribution in [0.25, 0.3) is 0 Å². The van der Waals surface area contributed by atoms with E-state index in [1.165, 1.54) is 0 Å². The van der Waals surface area contributed by atoms with E-state index in [0.29, 0.717) is 6.42 Å². The molecule has 1 saturated heterocycles. The van der Waals surface area contributed by atoms with Gasteiger partial charge in [-0.25, -0.2) is 0 Å². The van der Waals surface area contributed by atoms with Crippen LogP contribution in [-0.2, 0) is 4.79 Å². The molecule has 3 heteroatoms. The van der Waals surface area contributed by atoms with E-state index >= 15 is 0 Å². The fourth-order valence-electron chi connectivity index (χ4n) is 0.563. The van der Waals surface area contributed by atoms with Crippen LogP contribution in [0.5, 0.6) is 0 Å². The predicted molar refractivity (Wildman–Crippen MR) is 30.3 cm³/mol. The summed E-state index contributed by atoms with van der Waals surface area (Å²) >= 11 is 0. The third-order valence-electron chi connectivity index (χ3n) is 1.21. The zero-order valence-electron chi connectivity index (χ0n) is 4.76. The number of hydrogen-bond donors (Lipinski definition) is 1. The zero-order chi connectivity index (χ0) is 5.98. The molecule has 0 aliphatic carbocycles. The molecule has 1 amide bonds. The maximum absolute atomic E-state index is 10.1. The number of primary amides is 1. The van der Waals surface area contributed by atoms with Crippen LogP contribution in [-0.4, -0.2) is 30.4 Å². The third-order valence-corrected chi connectivity index (χ3v) is 1.21. The van der Waals surface area contributed by atoms with Crippen molar-refractivity contribution in [1.29, 1.82) is 0 Å². The van der Waals surface area contributed by atoms with Gasteiger partial charge in [0.1, 0.15) is 0 Å². The summed E-state index contributed by atoms with van der Waals surface area (Å²) in [4.78, 5) is 12.3. The molecule has 0 unspecified atom stereocenters. The number of carbonyl (C=O) groups is 1. The second-order valence-corrected chi connectivity index (χ2v) is 2.06. The smallest absolute Gasteiger partial charge is 0.218 e. The van der Waals surface area contributed by atoms with Crippen LogP contribution in [0.15, 0.2) is 0 Å². The van der Waals surface area contributed by atoms with E-state index in [-0.39, 0.29) is 5.91 Å².